The van der Waals surface area contributed by atoms with Crippen LogP contribution in [0.3, 0.4) is 0 Å². The number of hydrogen-bond acceptors (Lipinski definition) is 5. The van der Waals surface area contributed by atoms with E-state index in [-0.39, 0.29) is 11.8 Å². The normalized spacial score (nSPS) is 11.9. The van der Waals surface area contributed by atoms with Gasteiger partial charge in [0.2, 0.25) is 0 Å². The number of nitrogens with one attached hydrogen (secondary N) is 2. The third-order valence-electron chi connectivity index (χ3n) is 2.70. The van der Waals surface area contributed by atoms with E-state index in [4.69, 9.17) is 0 Å². The molecule has 0 aromatic heterocycles. The Bertz CT molecular complexity index is 410. The van der Waals surface area contributed by atoms with Gasteiger partial charge in [-0.1, -0.05) is 6.92 Å². The molecule has 1 aromatic carbocycles. The van der Waals surface area contributed by atoms with Crippen molar-refractivity contribution in [1.82, 2.24) is 0 Å². The summed E-state index contributed by atoms with van der Waals surface area (Å²) in [5, 5.41) is 26.1. The van der Waals surface area contributed by atoms with Crippen molar-refractivity contribution in [3.63, 3.8) is 0 Å². The quantitative estimate of drug-likeness (QED) is 0.512. The molecule has 1 unspecified atom stereocenters. The van der Waals surface area contributed by atoms with Gasteiger partial charge in [0, 0.05) is 37.1 Å². The summed E-state index contributed by atoms with van der Waals surface area (Å²) >= 11 is 0. The standard InChI is InChI=1S/C12H19N3O3/c1-3-12(16)4-5-14-10-6-9(13-2)7-11(8-10)15(17)18/h6-8,12-14,16H,3-5H2,1-2H3. The summed E-state index contributed by atoms with van der Waals surface area (Å²) in [4.78, 5) is 10.3. The molecule has 0 fully saturated rings. The van der Waals surface area contributed by atoms with Gasteiger partial charge in [-0.2, -0.15) is 0 Å². The monoisotopic (exact) mass is 253 g/mol. The summed E-state index contributed by atoms with van der Waals surface area (Å²) in [6, 6.07) is 4.76. The van der Waals surface area contributed by atoms with Crippen LogP contribution in [0.1, 0.15) is 19.8 Å². The Morgan fingerprint density at radius 2 is 2.06 bits per heavy atom. The Labute approximate surface area is 106 Å². The number of non-ortho nitro benzene ring substituents is 1. The third kappa shape index (κ3) is 4.21. The second kappa shape index (κ2) is 6.80. The lowest BCUT2D eigenvalue weighted by atomic mass is 10.2. The van der Waals surface area contributed by atoms with Gasteiger partial charge < -0.3 is 15.7 Å². The Balaban J connectivity index is 2.69. The molecule has 0 saturated carbocycles. The molecular weight excluding hydrogens is 234 g/mol. The summed E-state index contributed by atoms with van der Waals surface area (Å²) < 4.78 is 0. The van der Waals surface area contributed by atoms with Crippen molar-refractivity contribution < 1.29 is 10.0 Å². The van der Waals surface area contributed by atoms with Crippen LogP contribution in [0.15, 0.2) is 18.2 Å². The fourth-order valence-corrected chi connectivity index (χ4v) is 1.55. The van der Waals surface area contributed by atoms with Crippen LogP contribution in [-0.4, -0.2) is 29.7 Å². The summed E-state index contributed by atoms with van der Waals surface area (Å²) in [5.74, 6) is 0. The molecule has 1 atom stereocenters. The molecule has 3 N–H and O–H groups in total. The van der Waals surface area contributed by atoms with Crippen LogP contribution in [0, 0.1) is 10.1 Å². The molecule has 0 bridgehead atoms. The first-order chi connectivity index (χ1) is 8.56. The average molecular weight is 253 g/mol. The minimum absolute atomic E-state index is 0.0420. The first kappa shape index (κ1) is 14.2. The molecule has 1 rings (SSSR count). The van der Waals surface area contributed by atoms with Crippen molar-refractivity contribution in [1.29, 1.82) is 0 Å². The molecule has 0 amide bonds. The van der Waals surface area contributed by atoms with E-state index in [1.54, 1.807) is 13.1 Å². The zero-order chi connectivity index (χ0) is 13.5. The largest absolute Gasteiger partial charge is 0.393 e. The second-order valence-corrected chi connectivity index (χ2v) is 4.05. The number of nitro benzene ring substituents is 1. The zero-order valence-corrected chi connectivity index (χ0v) is 10.6. The number of nitrogens with zero attached hydrogens (tertiary/aromatic N) is 1. The molecule has 0 spiro atoms. The maximum Gasteiger partial charge on any atom is 0.273 e. The molecule has 0 aliphatic heterocycles. The lowest BCUT2D eigenvalue weighted by molar-refractivity contribution is -0.384. The summed E-state index contributed by atoms with van der Waals surface area (Å²) in [5.41, 5.74) is 1.40. The van der Waals surface area contributed by atoms with E-state index < -0.39 is 4.92 Å². The minimum Gasteiger partial charge on any atom is -0.393 e. The van der Waals surface area contributed by atoms with Crippen molar-refractivity contribution in [3.05, 3.63) is 28.3 Å². The van der Waals surface area contributed by atoms with Gasteiger partial charge in [0.1, 0.15) is 0 Å². The molecule has 0 saturated heterocycles. The molecule has 0 aliphatic rings. The first-order valence-electron chi connectivity index (χ1n) is 5.96. The third-order valence-corrected chi connectivity index (χ3v) is 2.70. The molecule has 0 heterocycles. The van der Waals surface area contributed by atoms with E-state index in [0.717, 1.165) is 0 Å². The van der Waals surface area contributed by atoms with Gasteiger partial charge in [-0.25, -0.2) is 0 Å². The fraction of sp³-hybridized carbons (Fsp3) is 0.500. The SMILES string of the molecule is CCC(O)CCNc1cc(NC)cc([N+](=O)[O-])c1. The van der Waals surface area contributed by atoms with Crippen molar-refractivity contribution in [2.75, 3.05) is 24.2 Å². The van der Waals surface area contributed by atoms with Crippen molar-refractivity contribution in [2.24, 2.45) is 0 Å². The molecule has 0 radical (unpaired) electrons. The van der Waals surface area contributed by atoms with E-state index >= 15 is 0 Å². The zero-order valence-electron chi connectivity index (χ0n) is 10.6. The summed E-state index contributed by atoms with van der Waals surface area (Å²) in [6.45, 7) is 2.50. The van der Waals surface area contributed by atoms with Gasteiger partial charge in [-0.05, 0) is 18.9 Å². The number of hydrogen-bond donors (Lipinski definition) is 3. The van der Waals surface area contributed by atoms with E-state index in [0.29, 0.717) is 30.8 Å². The van der Waals surface area contributed by atoms with Crippen LogP contribution in [0.2, 0.25) is 0 Å². The number of aliphatic hydroxyl groups excluding tert-OH is 1. The smallest absolute Gasteiger partial charge is 0.273 e. The van der Waals surface area contributed by atoms with Gasteiger partial charge in [0.15, 0.2) is 0 Å². The van der Waals surface area contributed by atoms with E-state index in [1.165, 1.54) is 12.1 Å². The molecule has 6 heteroatoms. The Kier molecular flexibility index (Phi) is 5.38. The summed E-state index contributed by atoms with van der Waals surface area (Å²) in [7, 11) is 1.71. The lowest BCUT2D eigenvalue weighted by Crippen LogP contribution is -2.12. The van der Waals surface area contributed by atoms with Gasteiger partial charge in [0.05, 0.1) is 11.0 Å². The average Bonchev–Trinajstić information content (AvgIpc) is 2.37. The Hall–Kier alpha value is -1.82. The number of rotatable bonds is 7. The predicted molar refractivity (Wildman–Crippen MR) is 72.0 cm³/mol. The van der Waals surface area contributed by atoms with Gasteiger partial charge in [-0.15, -0.1) is 0 Å². The molecule has 6 nitrogen and oxygen atoms in total. The highest BCUT2D eigenvalue weighted by Crippen LogP contribution is 2.24. The minimum atomic E-state index is -0.424. The van der Waals surface area contributed by atoms with Crippen molar-refractivity contribution in [2.45, 2.75) is 25.9 Å². The molecule has 0 aliphatic carbocycles. The fourth-order valence-electron chi connectivity index (χ4n) is 1.55. The van der Waals surface area contributed by atoms with E-state index in [1.807, 2.05) is 6.92 Å². The number of benzene rings is 1. The van der Waals surface area contributed by atoms with Gasteiger partial charge in [0.25, 0.3) is 5.69 Å². The van der Waals surface area contributed by atoms with Crippen LogP contribution < -0.4 is 10.6 Å². The number of nitro groups is 1. The highest BCUT2D eigenvalue weighted by atomic mass is 16.6. The van der Waals surface area contributed by atoms with Gasteiger partial charge >= 0.3 is 0 Å². The maximum atomic E-state index is 10.8. The highest BCUT2D eigenvalue weighted by molar-refractivity contribution is 5.63. The van der Waals surface area contributed by atoms with Crippen molar-refractivity contribution in [3.8, 4) is 0 Å². The Morgan fingerprint density at radius 3 is 2.61 bits per heavy atom. The lowest BCUT2D eigenvalue weighted by Gasteiger charge is -2.11. The predicted octanol–water partition coefficient (Wildman–Crippen LogP) is 2.21. The van der Waals surface area contributed by atoms with Crippen molar-refractivity contribution >= 4 is 17.1 Å². The second-order valence-electron chi connectivity index (χ2n) is 4.05. The Morgan fingerprint density at radius 1 is 1.39 bits per heavy atom. The van der Waals surface area contributed by atoms with Crippen LogP contribution in [0.25, 0.3) is 0 Å². The van der Waals surface area contributed by atoms with Crippen LogP contribution in [0.5, 0.6) is 0 Å². The maximum absolute atomic E-state index is 10.8. The molecule has 18 heavy (non-hydrogen) atoms. The van der Waals surface area contributed by atoms with Gasteiger partial charge in [-0.3, -0.25) is 10.1 Å². The molecule has 100 valence electrons. The van der Waals surface area contributed by atoms with E-state index in [2.05, 4.69) is 10.6 Å². The number of anilines is 2. The summed E-state index contributed by atoms with van der Waals surface area (Å²) in [6.07, 6.45) is 0.992. The van der Waals surface area contributed by atoms with Crippen LogP contribution in [-0.2, 0) is 0 Å². The van der Waals surface area contributed by atoms with Crippen LogP contribution >= 0.6 is 0 Å². The van der Waals surface area contributed by atoms with E-state index in [9.17, 15) is 15.2 Å². The molecular formula is C12H19N3O3. The van der Waals surface area contributed by atoms with Crippen LogP contribution in [0.4, 0.5) is 17.1 Å². The highest BCUT2D eigenvalue weighted by Gasteiger charge is 2.09. The number of aliphatic hydroxyl groups is 1. The topological polar surface area (TPSA) is 87.4 Å². The first-order valence-corrected chi connectivity index (χ1v) is 5.96. The molecule has 1 aromatic rings.